The zero-order valence-corrected chi connectivity index (χ0v) is 21.0. The normalized spacial score (nSPS) is 19.0. The van der Waals surface area contributed by atoms with E-state index in [4.69, 9.17) is 9.47 Å². The van der Waals surface area contributed by atoms with Crippen LogP contribution >= 0.6 is 0 Å². The molecule has 32 heavy (non-hydrogen) atoms. The predicted molar refractivity (Wildman–Crippen MR) is 136 cm³/mol. The molecule has 0 amide bonds. The average molecular weight is 439 g/mol. The number of aliphatic hydroxyl groups is 1. The van der Waals surface area contributed by atoms with Gasteiger partial charge in [0, 0.05) is 17.5 Å². The van der Waals surface area contributed by atoms with Crippen molar-refractivity contribution in [2.24, 2.45) is 11.8 Å². The summed E-state index contributed by atoms with van der Waals surface area (Å²) in [6.45, 7) is 19.2. The van der Waals surface area contributed by atoms with Gasteiger partial charge in [-0.2, -0.15) is 0 Å². The minimum absolute atomic E-state index is 0.399. The summed E-state index contributed by atoms with van der Waals surface area (Å²) in [7, 11) is 1.70. The molecular formula is C29H42O3. The molecule has 176 valence electrons. The van der Waals surface area contributed by atoms with Crippen molar-refractivity contribution < 1.29 is 14.6 Å². The number of methoxy groups -OCH3 is 1. The molecule has 3 nitrogen and oxygen atoms in total. The summed E-state index contributed by atoms with van der Waals surface area (Å²) in [4.78, 5) is 0. The molecule has 1 N–H and O–H groups in total. The molecule has 1 aromatic rings. The van der Waals surface area contributed by atoms with Gasteiger partial charge in [0.25, 0.3) is 0 Å². The average Bonchev–Trinajstić information content (AvgIpc) is 2.90. The topological polar surface area (TPSA) is 38.7 Å². The van der Waals surface area contributed by atoms with E-state index in [9.17, 15) is 5.11 Å². The highest BCUT2D eigenvalue weighted by atomic mass is 16.6. The van der Waals surface area contributed by atoms with Gasteiger partial charge in [0.15, 0.2) is 6.29 Å². The number of allylic oxidation sites excluding steroid dienone is 6. The van der Waals surface area contributed by atoms with Gasteiger partial charge in [-0.3, -0.25) is 0 Å². The number of aliphatic hydroxyl groups excluding tert-OH is 1. The molecule has 1 aromatic carbocycles. The van der Waals surface area contributed by atoms with Gasteiger partial charge in [-0.1, -0.05) is 66.0 Å². The zero-order chi connectivity index (χ0) is 23.8. The fourth-order valence-electron chi connectivity index (χ4n) is 4.51. The van der Waals surface area contributed by atoms with Crippen LogP contribution in [0.15, 0.2) is 48.6 Å². The molecule has 0 saturated carbocycles. The van der Waals surface area contributed by atoms with E-state index < -0.39 is 6.29 Å². The smallest absolute Gasteiger partial charge is 0.197 e. The van der Waals surface area contributed by atoms with Gasteiger partial charge in [-0.15, -0.1) is 0 Å². The summed E-state index contributed by atoms with van der Waals surface area (Å²) in [5.41, 5.74) is 6.67. The Bertz CT molecular complexity index is 873. The Hall–Kier alpha value is -2.26. The SMILES string of the molecule is C=C/C(=C\C=C1/C(=C)[C@@H](CC(C)C)CCc2cc(OC)c(CC)c(OC(O)CC)c21)CC. The molecule has 0 aliphatic heterocycles. The lowest BCUT2D eigenvalue weighted by atomic mass is 9.84. The Kier molecular flexibility index (Phi) is 9.84. The molecule has 0 spiro atoms. The second-order valence-electron chi connectivity index (χ2n) is 9.02. The standard InChI is InChI=1S/C29H42O3/c1-9-21(10-2)13-16-25-20(7)22(17-19(5)6)14-15-23-18-26(31-8)24(11-3)29(28(23)25)32-27(30)12-4/h9,13,16,18-19,22,27,30H,1,7,10-12,14-15,17H2,2-6,8H3/b21-13+,25-16+/t22-,27?/m1/s1. The maximum absolute atomic E-state index is 10.5. The highest BCUT2D eigenvalue weighted by Gasteiger charge is 2.30. The molecule has 0 saturated heterocycles. The molecule has 2 rings (SSSR count). The van der Waals surface area contributed by atoms with Gasteiger partial charge < -0.3 is 14.6 Å². The molecule has 1 aliphatic rings. The van der Waals surface area contributed by atoms with Crippen LogP contribution < -0.4 is 9.47 Å². The molecule has 1 aliphatic carbocycles. The Morgan fingerprint density at radius 3 is 2.53 bits per heavy atom. The largest absolute Gasteiger partial charge is 0.496 e. The maximum Gasteiger partial charge on any atom is 0.197 e. The lowest BCUT2D eigenvalue weighted by Gasteiger charge is -2.25. The van der Waals surface area contributed by atoms with Crippen LogP contribution in [0.1, 0.15) is 77.0 Å². The van der Waals surface area contributed by atoms with Crippen molar-refractivity contribution in [3.63, 3.8) is 0 Å². The van der Waals surface area contributed by atoms with E-state index in [0.29, 0.717) is 18.3 Å². The van der Waals surface area contributed by atoms with E-state index in [1.54, 1.807) is 7.11 Å². The van der Waals surface area contributed by atoms with Gasteiger partial charge in [0.2, 0.25) is 0 Å². The van der Waals surface area contributed by atoms with Gasteiger partial charge in [-0.25, -0.2) is 0 Å². The molecule has 0 bridgehead atoms. The third-order valence-electron chi connectivity index (χ3n) is 6.36. The molecule has 0 radical (unpaired) electrons. The Morgan fingerprint density at radius 2 is 2.00 bits per heavy atom. The van der Waals surface area contributed by atoms with E-state index in [-0.39, 0.29) is 0 Å². The van der Waals surface area contributed by atoms with Gasteiger partial charge >= 0.3 is 0 Å². The monoisotopic (exact) mass is 438 g/mol. The lowest BCUT2D eigenvalue weighted by Crippen LogP contribution is -2.17. The number of rotatable bonds is 10. The number of ether oxygens (including phenoxy) is 2. The number of benzene rings is 1. The third kappa shape index (κ3) is 5.95. The first-order valence-electron chi connectivity index (χ1n) is 12.1. The van der Waals surface area contributed by atoms with Crippen LogP contribution in [0.4, 0.5) is 0 Å². The van der Waals surface area contributed by atoms with Crippen molar-refractivity contribution in [2.75, 3.05) is 7.11 Å². The first-order valence-corrected chi connectivity index (χ1v) is 12.1. The van der Waals surface area contributed by atoms with E-state index in [1.165, 1.54) is 11.1 Å². The highest BCUT2D eigenvalue weighted by Crippen LogP contribution is 2.47. The van der Waals surface area contributed by atoms with Crippen molar-refractivity contribution >= 4 is 5.57 Å². The zero-order valence-electron chi connectivity index (χ0n) is 21.0. The molecule has 0 heterocycles. The second-order valence-corrected chi connectivity index (χ2v) is 9.02. The van der Waals surface area contributed by atoms with Crippen molar-refractivity contribution in [3.05, 3.63) is 65.3 Å². The van der Waals surface area contributed by atoms with Gasteiger partial charge in [0.1, 0.15) is 11.5 Å². The van der Waals surface area contributed by atoms with Crippen LogP contribution in [0.25, 0.3) is 5.57 Å². The lowest BCUT2D eigenvalue weighted by molar-refractivity contribution is -0.0201. The van der Waals surface area contributed by atoms with E-state index >= 15 is 0 Å². The number of hydrogen-bond acceptors (Lipinski definition) is 3. The van der Waals surface area contributed by atoms with E-state index in [0.717, 1.165) is 65.9 Å². The summed E-state index contributed by atoms with van der Waals surface area (Å²) < 4.78 is 11.9. The van der Waals surface area contributed by atoms with Gasteiger partial charge in [-0.05, 0) is 72.3 Å². The van der Waals surface area contributed by atoms with Crippen molar-refractivity contribution in [3.8, 4) is 11.5 Å². The van der Waals surface area contributed by atoms with Gasteiger partial charge in [0.05, 0.1) is 7.11 Å². The van der Waals surface area contributed by atoms with Crippen molar-refractivity contribution in [1.29, 1.82) is 0 Å². The quantitative estimate of drug-likeness (QED) is 0.234. The van der Waals surface area contributed by atoms with E-state index in [2.05, 4.69) is 59.1 Å². The molecule has 0 fully saturated rings. The molecule has 1 unspecified atom stereocenters. The molecule has 3 heteroatoms. The molecular weight excluding hydrogens is 396 g/mol. The van der Waals surface area contributed by atoms with Crippen molar-refractivity contribution in [2.45, 2.75) is 79.4 Å². The van der Waals surface area contributed by atoms with Crippen LogP contribution in [-0.4, -0.2) is 18.5 Å². The predicted octanol–water partition coefficient (Wildman–Crippen LogP) is 7.44. The summed E-state index contributed by atoms with van der Waals surface area (Å²) >= 11 is 0. The third-order valence-corrected chi connectivity index (χ3v) is 6.36. The minimum Gasteiger partial charge on any atom is -0.496 e. The molecule has 2 atom stereocenters. The summed E-state index contributed by atoms with van der Waals surface area (Å²) in [6.07, 6.45) is 10.6. The molecule has 0 aromatic heterocycles. The van der Waals surface area contributed by atoms with E-state index in [1.807, 2.05) is 13.0 Å². The van der Waals surface area contributed by atoms with Crippen LogP contribution in [-0.2, 0) is 12.8 Å². The summed E-state index contributed by atoms with van der Waals surface area (Å²) in [5.74, 6) is 2.55. The first-order chi connectivity index (χ1) is 15.3. The maximum atomic E-state index is 10.5. The fraction of sp³-hybridized carbons (Fsp3) is 0.517. The second kappa shape index (κ2) is 12.1. The number of fused-ring (bicyclic) bond motifs is 1. The van der Waals surface area contributed by atoms with Crippen LogP contribution in [0.3, 0.4) is 0 Å². The fourth-order valence-corrected chi connectivity index (χ4v) is 4.51. The Morgan fingerprint density at radius 1 is 1.28 bits per heavy atom. The number of aryl methyl sites for hydroxylation is 1. The number of hydrogen-bond donors (Lipinski definition) is 1. The van der Waals surface area contributed by atoms with Crippen LogP contribution in [0.2, 0.25) is 0 Å². The summed E-state index contributed by atoms with van der Waals surface area (Å²) in [5, 5.41) is 10.5. The summed E-state index contributed by atoms with van der Waals surface area (Å²) in [6, 6.07) is 2.16. The highest BCUT2D eigenvalue weighted by molar-refractivity contribution is 5.87. The van der Waals surface area contributed by atoms with Crippen molar-refractivity contribution in [1.82, 2.24) is 0 Å². The minimum atomic E-state index is -0.865. The van der Waals surface area contributed by atoms with Crippen LogP contribution in [0, 0.1) is 11.8 Å². The Labute approximate surface area is 195 Å². The first kappa shape index (κ1) is 26.0. The van der Waals surface area contributed by atoms with Crippen LogP contribution in [0.5, 0.6) is 11.5 Å². The Balaban J connectivity index is 2.84.